The molecule has 1 saturated heterocycles. The van der Waals surface area contributed by atoms with Crippen molar-refractivity contribution in [3.05, 3.63) is 53.6 Å². The van der Waals surface area contributed by atoms with E-state index in [1.807, 2.05) is 42.5 Å². The summed E-state index contributed by atoms with van der Waals surface area (Å²) in [5.41, 5.74) is 2.17. The largest absolute Gasteiger partial charge is 0.497 e. The van der Waals surface area contributed by atoms with Crippen molar-refractivity contribution >= 4 is 6.29 Å². The molecular weight excluding hydrogens is 346 g/mol. The molecule has 0 aliphatic carbocycles. The van der Waals surface area contributed by atoms with Gasteiger partial charge in [0.25, 0.3) is 0 Å². The van der Waals surface area contributed by atoms with Crippen LogP contribution in [0, 0.1) is 0 Å². The van der Waals surface area contributed by atoms with Crippen molar-refractivity contribution < 1.29 is 23.7 Å². The zero-order valence-electron chi connectivity index (χ0n) is 15.9. The van der Waals surface area contributed by atoms with Crippen LogP contribution in [0.1, 0.15) is 11.1 Å². The average molecular weight is 371 g/mol. The molecule has 1 aliphatic heterocycles. The Hall–Kier alpha value is -2.57. The molecule has 1 fully saturated rings. The summed E-state index contributed by atoms with van der Waals surface area (Å²) in [4.78, 5) is 13.6. The Morgan fingerprint density at radius 1 is 1.04 bits per heavy atom. The van der Waals surface area contributed by atoms with Crippen LogP contribution in [0.3, 0.4) is 0 Å². The van der Waals surface area contributed by atoms with Crippen LogP contribution in [-0.2, 0) is 22.5 Å². The van der Waals surface area contributed by atoms with E-state index in [9.17, 15) is 4.79 Å². The first kappa shape index (κ1) is 19.2. The predicted octanol–water partition coefficient (Wildman–Crippen LogP) is 2.68. The molecule has 0 saturated carbocycles. The van der Waals surface area contributed by atoms with Gasteiger partial charge in [-0.15, -0.1) is 0 Å². The second-order valence-corrected chi connectivity index (χ2v) is 6.43. The number of hydrogen-bond acceptors (Lipinski definition) is 6. The van der Waals surface area contributed by atoms with Gasteiger partial charge in [0, 0.05) is 12.6 Å². The fourth-order valence-electron chi connectivity index (χ4n) is 3.38. The summed E-state index contributed by atoms with van der Waals surface area (Å²) >= 11 is 0. The van der Waals surface area contributed by atoms with Gasteiger partial charge in [0.2, 0.25) is 0 Å². The monoisotopic (exact) mass is 371 g/mol. The number of methoxy groups -OCH3 is 3. The van der Waals surface area contributed by atoms with Crippen molar-refractivity contribution in [2.24, 2.45) is 0 Å². The fraction of sp³-hybridized carbons (Fsp3) is 0.381. The minimum Gasteiger partial charge on any atom is -0.497 e. The molecule has 0 radical (unpaired) electrons. The molecule has 0 bridgehead atoms. The van der Waals surface area contributed by atoms with Gasteiger partial charge in [-0.05, 0) is 41.8 Å². The van der Waals surface area contributed by atoms with Gasteiger partial charge in [-0.2, -0.15) is 0 Å². The highest BCUT2D eigenvalue weighted by Gasteiger charge is 2.34. The van der Waals surface area contributed by atoms with Gasteiger partial charge in [-0.25, -0.2) is 0 Å². The smallest absolute Gasteiger partial charge is 0.167 e. The molecule has 2 aromatic rings. The van der Waals surface area contributed by atoms with E-state index in [1.54, 1.807) is 21.3 Å². The van der Waals surface area contributed by atoms with Crippen molar-refractivity contribution in [2.45, 2.75) is 25.2 Å². The van der Waals surface area contributed by atoms with Gasteiger partial charge < -0.3 is 18.9 Å². The van der Waals surface area contributed by atoms with E-state index in [4.69, 9.17) is 18.9 Å². The van der Waals surface area contributed by atoms with Crippen molar-refractivity contribution in [1.82, 2.24) is 4.90 Å². The number of carbonyl (C=O) groups is 1. The molecule has 2 aromatic carbocycles. The van der Waals surface area contributed by atoms with Crippen LogP contribution in [0.2, 0.25) is 0 Å². The molecule has 144 valence electrons. The lowest BCUT2D eigenvalue weighted by Gasteiger charge is -2.26. The minimum atomic E-state index is -0.540. The van der Waals surface area contributed by atoms with Gasteiger partial charge in [0.15, 0.2) is 24.0 Å². The number of carbonyl (C=O) groups excluding carboxylic acids is 1. The van der Waals surface area contributed by atoms with Crippen LogP contribution in [0.25, 0.3) is 0 Å². The van der Waals surface area contributed by atoms with E-state index in [1.165, 1.54) is 0 Å². The third-order valence-electron chi connectivity index (χ3n) is 4.79. The van der Waals surface area contributed by atoms with Gasteiger partial charge >= 0.3 is 0 Å². The SMILES string of the molecule is COc1cccc(CN2C(C=O)OC[C@@H]2Cc2ccc(OC)c(OC)c2)c1. The first-order chi connectivity index (χ1) is 13.2. The Morgan fingerprint density at radius 2 is 1.85 bits per heavy atom. The van der Waals surface area contributed by atoms with Crippen LogP contribution in [0.5, 0.6) is 17.2 Å². The van der Waals surface area contributed by atoms with Gasteiger partial charge in [-0.3, -0.25) is 9.69 Å². The number of rotatable bonds is 8. The number of nitrogens with zero attached hydrogens (tertiary/aromatic N) is 1. The van der Waals surface area contributed by atoms with Crippen LogP contribution in [-0.4, -0.2) is 51.4 Å². The molecule has 0 spiro atoms. The number of aldehydes is 1. The molecular formula is C21H25NO5. The van der Waals surface area contributed by atoms with Crippen molar-refractivity contribution in [3.8, 4) is 17.2 Å². The molecule has 3 rings (SSSR count). The van der Waals surface area contributed by atoms with E-state index in [0.717, 1.165) is 29.6 Å². The Balaban J connectivity index is 1.78. The lowest BCUT2D eigenvalue weighted by atomic mass is 10.0. The zero-order chi connectivity index (χ0) is 19.2. The van der Waals surface area contributed by atoms with Crippen LogP contribution < -0.4 is 14.2 Å². The van der Waals surface area contributed by atoms with Crippen molar-refractivity contribution in [1.29, 1.82) is 0 Å². The first-order valence-corrected chi connectivity index (χ1v) is 8.85. The molecule has 0 aromatic heterocycles. The lowest BCUT2D eigenvalue weighted by molar-refractivity contribution is -0.122. The Kier molecular flexibility index (Phi) is 6.32. The van der Waals surface area contributed by atoms with Crippen LogP contribution in [0.15, 0.2) is 42.5 Å². The highest BCUT2D eigenvalue weighted by atomic mass is 16.5. The second-order valence-electron chi connectivity index (χ2n) is 6.43. The number of benzene rings is 2. The minimum absolute atomic E-state index is 0.0875. The van der Waals surface area contributed by atoms with E-state index in [2.05, 4.69) is 4.90 Å². The normalized spacial score (nSPS) is 19.7. The van der Waals surface area contributed by atoms with E-state index in [-0.39, 0.29) is 6.04 Å². The van der Waals surface area contributed by atoms with E-state index >= 15 is 0 Å². The highest BCUT2D eigenvalue weighted by molar-refractivity contribution is 5.56. The standard InChI is InChI=1S/C21H25NO5/c1-24-18-6-4-5-16(10-18)12-22-17(14-27-21(22)13-23)9-15-7-8-19(25-2)20(11-15)26-3/h4-8,10-11,13,17,21H,9,12,14H2,1-3H3/t17-,21?/m0/s1. The maximum Gasteiger partial charge on any atom is 0.167 e. The summed E-state index contributed by atoms with van der Waals surface area (Å²) in [6.07, 6.45) is 1.06. The molecule has 1 aliphatic rings. The maximum atomic E-state index is 11.5. The Labute approximate surface area is 159 Å². The third kappa shape index (κ3) is 4.40. The molecule has 2 atom stereocenters. The summed E-state index contributed by atoms with van der Waals surface area (Å²) in [6.45, 7) is 1.11. The quantitative estimate of drug-likeness (QED) is 0.665. The van der Waals surface area contributed by atoms with Gasteiger partial charge in [0.1, 0.15) is 5.75 Å². The lowest BCUT2D eigenvalue weighted by Crippen LogP contribution is -2.38. The molecule has 6 nitrogen and oxygen atoms in total. The maximum absolute atomic E-state index is 11.5. The summed E-state index contributed by atoms with van der Waals surface area (Å²) in [5, 5.41) is 0. The predicted molar refractivity (Wildman–Crippen MR) is 101 cm³/mol. The van der Waals surface area contributed by atoms with Crippen LogP contribution in [0.4, 0.5) is 0 Å². The number of hydrogen-bond donors (Lipinski definition) is 0. The number of ether oxygens (including phenoxy) is 4. The fourth-order valence-corrected chi connectivity index (χ4v) is 3.38. The topological polar surface area (TPSA) is 57.2 Å². The van der Waals surface area contributed by atoms with Gasteiger partial charge in [0.05, 0.1) is 27.9 Å². The molecule has 1 unspecified atom stereocenters. The third-order valence-corrected chi connectivity index (χ3v) is 4.79. The summed E-state index contributed by atoms with van der Waals surface area (Å²) in [6, 6.07) is 13.8. The average Bonchev–Trinajstić information content (AvgIpc) is 3.09. The van der Waals surface area contributed by atoms with Crippen molar-refractivity contribution in [2.75, 3.05) is 27.9 Å². The summed E-state index contributed by atoms with van der Waals surface area (Å²) < 4.78 is 21.7. The second kappa shape index (κ2) is 8.88. The Bertz CT molecular complexity index is 779. The van der Waals surface area contributed by atoms with Crippen molar-refractivity contribution in [3.63, 3.8) is 0 Å². The summed E-state index contributed by atoms with van der Waals surface area (Å²) in [5.74, 6) is 2.19. The van der Waals surface area contributed by atoms with E-state index in [0.29, 0.717) is 24.7 Å². The molecule has 0 amide bonds. The van der Waals surface area contributed by atoms with E-state index < -0.39 is 6.23 Å². The Morgan fingerprint density at radius 3 is 2.56 bits per heavy atom. The summed E-state index contributed by atoms with van der Waals surface area (Å²) in [7, 11) is 4.89. The highest BCUT2D eigenvalue weighted by Crippen LogP contribution is 2.30. The zero-order valence-corrected chi connectivity index (χ0v) is 15.9. The molecule has 27 heavy (non-hydrogen) atoms. The molecule has 6 heteroatoms. The first-order valence-electron chi connectivity index (χ1n) is 8.85. The van der Waals surface area contributed by atoms with Crippen LogP contribution >= 0.6 is 0 Å². The molecule has 0 N–H and O–H groups in total. The van der Waals surface area contributed by atoms with Gasteiger partial charge in [-0.1, -0.05) is 18.2 Å². The molecule has 1 heterocycles.